The van der Waals surface area contributed by atoms with Crippen molar-refractivity contribution in [2.75, 3.05) is 19.7 Å². The Bertz CT molecular complexity index is 215. The van der Waals surface area contributed by atoms with Crippen molar-refractivity contribution in [1.29, 1.82) is 0 Å². The van der Waals surface area contributed by atoms with E-state index in [1.165, 1.54) is 0 Å². The van der Waals surface area contributed by atoms with E-state index in [1.807, 2.05) is 0 Å². The third kappa shape index (κ3) is 3.56. The molecule has 1 aliphatic heterocycles. The number of rotatable bonds is 5. The van der Waals surface area contributed by atoms with Gasteiger partial charge in [-0.1, -0.05) is 0 Å². The van der Waals surface area contributed by atoms with Gasteiger partial charge in [0.15, 0.2) is 0 Å². The van der Waals surface area contributed by atoms with E-state index in [2.05, 4.69) is 15.5 Å². The molecule has 1 saturated heterocycles. The lowest BCUT2D eigenvalue weighted by Crippen LogP contribution is -2.41. The predicted molar refractivity (Wildman–Crippen MR) is 47.0 cm³/mol. The van der Waals surface area contributed by atoms with Crippen LogP contribution in [0.1, 0.15) is 12.8 Å². The molecule has 0 saturated carbocycles. The third-order valence-corrected chi connectivity index (χ3v) is 1.97. The van der Waals surface area contributed by atoms with Crippen molar-refractivity contribution in [2.45, 2.75) is 18.9 Å². The Morgan fingerprint density at radius 2 is 2.50 bits per heavy atom. The molecule has 1 fully saturated rings. The molecule has 80 valence electrons. The molecule has 14 heavy (non-hydrogen) atoms. The maximum Gasteiger partial charge on any atom is 0.294 e. The largest absolute Gasteiger partial charge is 0.353 e. The first-order chi connectivity index (χ1) is 6.70. The van der Waals surface area contributed by atoms with Gasteiger partial charge in [-0.05, 0) is 19.4 Å². The van der Waals surface area contributed by atoms with Crippen molar-refractivity contribution in [3.05, 3.63) is 10.1 Å². The van der Waals surface area contributed by atoms with Crippen LogP contribution in [0.5, 0.6) is 0 Å². The number of hydrogen-bond acceptors (Lipinski definition) is 5. The van der Waals surface area contributed by atoms with E-state index < -0.39 is 5.09 Å². The summed E-state index contributed by atoms with van der Waals surface area (Å²) < 4.78 is 0. The van der Waals surface area contributed by atoms with Crippen molar-refractivity contribution >= 4 is 5.91 Å². The van der Waals surface area contributed by atoms with Crippen LogP contribution in [0.25, 0.3) is 0 Å². The highest BCUT2D eigenvalue weighted by Gasteiger charge is 2.21. The van der Waals surface area contributed by atoms with E-state index in [1.54, 1.807) is 0 Å². The third-order valence-electron chi connectivity index (χ3n) is 1.97. The number of hydrogen-bond donors (Lipinski definition) is 2. The van der Waals surface area contributed by atoms with Crippen molar-refractivity contribution in [3.8, 4) is 0 Å². The fourth-order valence-corrected chi connectivity index (χ4v) is 1.33. The quantitative estimate of drug-likeness (QED) is 0.342. The molecule has 0 aliphatic carbocycles. The lowest BCUT2D eigenvalue weighted by Gasteiger charge is -2.09. The van der Waals surface area contributed by atoms with Crippen molar-refractivity contribution in [3.63, 3.8) is 0 Å². The monoisotopic (exact) mass is 203 g/mol. The normalized spacial score (nSPS) is 20.4. The number of nitrogens with zero attached hydrogens (tertiary/aromatic N) is 1. The molecule has 2 N–H and O–H groups in total. The summed E-state index contributed by atoms with van der Waals surface area (Å²) in [5, 5.41) is 14.5. The van der Waals surface area contributed by atoms with Crippen molar-refractivity contribution in [1.82, 2.24) is 10.6 Å². The molecule has 0 spiro atoms. The molecular formula is C7H13N3O4. The van der Waals surface area contributed by atoms with E-state index in [0.717, 1.165) is 19.4 Å². The maximum atomic E-state index is 11.3. The predicted octanol–water partition coefficient (Wildman–Crippen LogP) is -0.937. The van der Waals surface area contributed by atoms with E-state index in [0.29, 0.717) is 0 Å². The van der Waals surface area contributed by atoms with Gasteiger partial charge in [0.05, 0.1) is 6.04 Å². The average Bonchev–Trinajstić information content (AvgIpc) is 2.64. The molecule has 1 atom stereocenters. The van der Waals surface area contributed by atoms with Crippen LogP contribution in [0.2, 0.25) is 0 Å². The van der Waals surface area contributed by atoms with E-state index >= 15 is 0 Å². The second-order valence-electron chi connectivity index (χ2n) is 3.00. The molecule has 1 aliphatic rings. The fourth-order valence-electron chi connectivity index (χ4n) is 1.33. The van der Waals surface area contributed by atoms with Gasteiger partial charge in [0, 0.05) is 6.54 Å². The minimum absolute atomic E-state index is 0.106. The van der Waals surface area contributed by atoms with Crippen molar-refractivity contribution < 1.29 is 14.7 Å². The van der Waals surface area contributed by atoms with Gasteiger partial charge in [-0.25, -0.2) is 0 Å². The minimum atomic E-state index is -0.875. The Labute approximate surface area is 80.9 Å². The zero-order chi connectivity index (χ0) is 10.4. The summed E-state index contributed by atoms with van der Waals surface area (Å²) in [5.74, 6) is -0.116. The molecule has 7 heteroatoms. The summed E-state index contributed by atoms with van der Waals surface area (Å²) in [6.07, 6.45) is 1.81. The number of nitrogens with one attached hydrogen (secondary N) is 2. The summed E-state index contributed by atoms with van der Waals surface area (Å²) in [4.78, 5) is 25.1. The molecule has 0 unspecified atom stereocenters. The van der Waals surface area contributed by atoms with Gasteiger partial charge in [0.25, 0.3) is 5.09 Å². The highest BCUT2D eigenvalue weighted by Crippen LogP contribution is 2.03. The Morgan fingerprint density at radius 3 is 3.07 bits per heavy atom. The lowest BCUT2D eigenvalue weighted by molar-refractivity contribution is -0.757. The zero-order valence-electron chi connectivity index (χ0n) is 7.69. The van der Waals surface area contributed by atoms with Crippen LogP contribution in [0.3, 0.4) is 0 Å². The number of carbonyl (C=O) groups is 1. The molecule has 0 radical (unpaired) electrons. The van der Waals surface area contributed by atoms with Crippen LogP contribution in [0.15, 0.2) is 0 Å². The van der Waals surface area contributed by atoms with Crippen LogP contribution >= 0.6 is 0 Å². The maximum absolute atomic E-state index is 11.3. The van der Waals surface area contributed by atoms with Gasteiger partial charge in [-0.2, -0.15) is 0 Å². The average molecular weight is 203 g/mol. The first kappa shape index (κ1) is 10.7. The molecule has 1 heterocycles. The summed E-state index contributed by atoms with van der Waals surface area (Å²) in [6, 6.07) is -0.148. The smallest absolute Gasteiger partial charge is 0.294 e. The molecule has 0 bridgehead atoms. The number of amides is 1. The highest BCUT2D eigenvalue weighted by molar-refractivity contribution is 5.81. The second-order valence-corrected chi connectivity index (χ2v) is 3.00. The fraction of sp³-hybridized carbons (Fsp3) is 0.857. The molecule has 1 amide bonds. The van der Waals surface area contributed by atoms with Gasteiger partial charge < -0.3 is 15.5 Å². The van der Waals surface area contributed by atoms with E-state index in [-0.39, 0.29) is 25.1 Å². The Morgan fingerprint density at radius 1 is 1.71 bits per heavy atom. The van der Waals surface area contributed by atoms with Crippen LogP contribution in [0.4, 0.5) is 0 Å². The molecule has 0 aromatic heterocycles. The Hall–Kier alpha value is -1.37. The Kier molecular flexibility index (Phi) is 4.11. The van der Waals surface area contributed by atoms with Crippen LogP contribution in [-0.2, 0) is 9.63 Å². The standard InChI is InChI=1S/C7H13N3O4/c11-7(6-2-1-3-8-6)9-4-5-14-10(12)13/h6,8H,1-5H2,(H,9,11)/t6-/m0/s1. The SMILES string of the molecule is O=C(NCCO[N+](=O)[O-])[C@@H]1CCCN1. The minimum Gasteiger partial charge on any atom is -0.353 e. The van der Waals surface area contributed by atoms with Gasteiger partial charge >= 0.3 is 0 Å². The lowest BCUT2D eigenvalue weighted by atomic mass is 10.2. The summed E-state index contributed by atoms with van der Waals surface area (Å²) in [5.41, 5.74) is 0. The highest BCUT2D eigenvalue weighted by atomic mass is 16.9. The van der Waals surface area contributed by atoms with Crippen LogP contribution in [0, 0.1) is 10.1 Å². The number of carbonyl (C=O) groups excluding carboxylic acids is 1. The summed E-state index contributed by atoms with van der Waals surface area (Å²) >= 11 is 0. The first-order valence-corrected chi connectivity index (χ1v) is 4.48. The first-order valence-electron chi connectivity index (χ1n) is 4.48. The zero-order valence-corrected chi connectivity index (χ0v) is 7.69. The summed E-state index contributed by atoms with van der Waals surface area (Å²) in [7, 11) is 0. The van der Waals surface area contributed by atoms with Crippen molar-refractivity contribution in [2.24, 2.45) is 0 Å². The molecule has 1 rings (SSSR count). The molecular weight excluding hydrogens is 190 g/mol. The topological polar surface area (TPSA) is 93.5 Å². The van der Waals surface area contributed by atoms with Crippen LogP contribution in [-0.4, -0.2) is 36.7 Å². The summed E-state index contributed by atoms with van der Waals surface area (Å²) in [6.45, 7) is 0.910. The molecule has 7 nitrogen and oxygen atoms in total. The molecule has 0 aromatic rings. The second kappa shape index (κ2) is 5.38. The van der Waals surface area contributed by atoms with Gasteiger partial charge in [0.2, 0.25) is 5.91 Å². The van der Waals surface area contributed by atoms with Gasteiger partial charge in [0.1, 0.15) is 6.61 Å². The van der Waals surface area contributed by atoms with E-state index in [9.17, 15) is 14.9 Å². The molecule has 0 aromatic carbocycles. The van der Waals surface area contributed by atoms with E-state index in [4.69, 9.17) is 0 Å². The van der Waals surface area contributed by atoms with Gasteiger partial charge in [-0.3, -0.25) is 4.79 Å². The Balaban J connectivity index is 2.05. The van der Waals surface area contributed by atoms with Crippen LogP contribution < -0.4 is 10.6 Å². The van der Waals surface area contributed by atoms with Gasteiger partial charge in [-0.15, -0.1) is 10.1 Å².